The lowest BCUT2D eigenvalue weighted by molar-refractivity contribution is -0.111. The number of aromatic nitrogens is 1. The minimum atomic E-state index is -1.14. The van der Waals surface area contributed by atoms with Crippen LogP contribution in [0.3, 0.4) is 0 Å². The van der Waals surface area contributed by atoms with Crippen LogP contribution < -0.4 is 5.32 Å². The predicted octanol–water partition coefficient (Wildman–Crippen LogP) is 3.05. The first kappa shape index (κ1) is 15.4. The van der Waals surface area contributed by atoms with Crippen molar-refractivity contribution >= 4 is 23.6 Å². The number of amides is 1. The van der Waals surface area contributed by atoms with Crippen molar-refractivity contribution < 1.29 is 14.7 Å². The van der Waals surface area contributed by atoms with Crippen molar-refractivity contribution in [2.24, 2.45) is 0 Å². The minimum absolute atomic E-state index is 0.0459. The van der Waals surface area contributed by atoms with Gasteiger partial charge in [0.2, 0.25) is 5.91 Å². The number of aromatic carboxylic acids is 1. The normalized spacial score (nSPS) is 10.6. The number of carboxylic acids is 1. The second-order valence-corrected chi connectivity index (χ2v) is 4.89. The zero-order valence-electron chi connectivity index (χ0n) is 12.3. The molecule has 1 amide bonds. The molecule has 5 heteroatoms. The lowest BCUT2D eigenvalue weighted by atomic mass is 10.1. The van der Waals surface area contributed by atoms with Gasteiger partial charge in [0.1, 0.15) is 5.56 Å². The molecule has 1 aromatic carbocycles. The van der Waals surface area contributed by atoms with Crippen LogP contribution in [0.5, 0.6) is 0 Å². The van der Waals surface area contributed by atoms with E-state index in [0.29, 0.717) is 0 Å². The molecule has 2 aromatic rings. The molecule has 2 rings (SSSR count). The van der Waals surface area contributed by atoms with Crippen molar-refractivity contribution in [1.82, 2.24) is 4.98 Å². The molecule has 1 aromatic heterocycles. The number of anilines is 1. The third kappa shape index (κ3) is 3.79. The summed E-state index contributed by atoms with van der Waals surface area (Å²) in [5.74, 6) is -1.53. The van der Waals surface area contributed by atoms with Crippen LogP contribution in [-0.4, -0.2) is 22.0 Å². The zero-order valence-corrected chi connectivity index (χ0v) is 12.3. The summed E-state index contributed by atoms with van der Waals surface area (Å²) in [6.07, 6.45) is 5.68. The molecule has 0 aliphatic carbocycles. The van der Waals surface area contributed by atoms with Crippen molar-refractivity contribution in [3.63, 3.8) is 0 Å². The van der Waals surface area contributed by atoms with Gasteiger partial charge in [-0.15, -0.1) is 0 Å². The van der Waals surface area contributed by atoms with Crippen LogP contribution in [0.15, 0.2) is 42.7 Å². The quantitative estimate of drug-likeness (QED) is 0.850. The van der Waals surface area contributed by atoms with Crippen molar-refractivity contribution in [3.05, 3.63) is 65.0 Å². The number of carbonyl (C=O) groups is 2. The molecular weight excluding hydrogens is 280 g/mol. The number of hydrogen-bond acceptors (Lipinski definition) is 3. The van der Waals surface area contributed by atoms with E-state index in [4.69, 9.17) is 5.11 Å². The van der Waals surface area contributed by atoms with E-state index in [-0.39, 0.29) is 11.3 Å². The summed E-state index contributed by atoms with van der Waals surface area (Å²) in [6.45, 7) is 4.02. The van der Waals surface area contributed by atoms with Gasteiger partial charge in [0.15, 0.2) is 0 Å². The Kier molecular flexibility index (Phi) is 4.68. The molecule has 5 nitrogen and oxygen atoms in total. The third-order valence-corrected chi connectivity index (χ3v) is 3.27. The van der Waals surface area contributed by atoms with Crippen LogP contribution in [0.4, 0.5) is 5.69 Å². The van der Waals surface area contributed by atoms with Gasteiger partial charge in [-0.2, -0.15) is 0 Å². The summed E-state index contributed by atoms with van der Waals surface area (Å²) in [7, 11) is 0. The smallest absolute Gasteiger partial charge is 0.339 e. The van der Waals surface area contributed by atoms with Gasteiger partial charge in [0.05, 0.1) is 5.69 Å². The fourth-order valence-corrected chi connectivity index (χ4v) is 1.89. The number of hydrogen-bond donors (Lipinski definition) is 2. The predicted molar refractivity (Wildman–Crippen MR) is 84.8 cm³/mol. The van der Waals surface area contributed by atoms with E-state index in [1.54, 1.807) is 6.08 Å². The molecule has 22 heavy (non-hydrogen) atoms. The maximum absolute atomic E-state index is 11.9. The molecule has 0 unspecified atom stereocenters. The standard InChI is InChI=1S/C17H16N2O3/c1-11-3-4-13(9-12(11)2)5-6-16(20)19-15-7-8-18-10-14(15)17(21)22/h3-10H,1-2H3,(H,21,22)(H,18,19,20)/b6-5+. The highest BCUT2D eigenvalue weighted by Crippen LogP contribution is 2.14. The van der Waals surface area contributed by atoms with Gasteiger partial charge < -0.3 is 10.4 Å². The van der Waals surface area contributed by atoms with Gasteiger partial charge in [0, 0.05) is 18.5 Å². The van der Waals surface area contributed by atoms with Crippen LogP contribution in [-0.2, 0) is 4.79 Å². The minimum Gasteiger partial charge on any atom is -0.478 e. The molecule has 112 valence electrons. The van der Waals surface area contributed by atoms with E-state index in [0.717, 1.165) is 11.1 Å². The number of carboxylic acid groups (broad SMARTS) is 1. The summed E-state index contributed by atoms with van der Waals surface area (Å²) < 4.78 is 0. The molecule has 2 N–H and O–H groups in total. The largest absolute Gasteiger partial charge is 0.478 e. The van der Waals surface area contributed by atoms with E-state index >= 15 is 0 Å². The number of nitrogens with zero attached hydrogens (tertiary/aromatic N) is 1. The van der Waals surface area contributed by atoms with Gasteiger partial charge in [0.25, 0.3) is 0 Å². The number of rotatable bonds is 4. The number of benzene rings is 1. The van der Waals surface area contributed by atoms with Crippen LogP contribution in [0, 0.1) is 13.8 Å². The molecule has 0 saturated carbocycles. The number of carbonyl (C=O) groups excluding carboxylic acids is 1. The van der Waals surface area contributed by atoms with Gasteiger partial charge in [-0.1, -0.05) is 18.2 Å². The Morgan fingerprint density at radius 1 is 1.18 bits per heavy atom. The molecule has 1 heterocycles. The lowest BCUT2D eigenvalue weighted by Crippen LogP contribution is -2.12. The Hall–Kier alpha value is -2.95. The maximum atomic E-state index is 11.9. The van der Waals surface area contributed by atoms with E-state index in [1.807, 2.05) is 32.0 Å². The summed E-state index contributed by atoms with van der Waals surface area (Å²) >= 11 is 0. The van der Waals surface area contributed by atoms with Crippen LogP contribution >= 0.6 is 0 Å². The average Bonchev–Trinajstić information content (AvgIpc) is 2.49. The lowest BCUT2D eigenvalue weighted by Gasteiger charge is -2.05. The second-order valence-electron chi connectivity index (χ2n) is 4.89. The average molecular weight is 296 g/mol. The van der Waals surface area contributed by atoms with Crippen molar-refractivity contribution in [1.29, 1.82) is 0 Å². The Morgan fingerprint density at radius 2 is 1.95 bits per heavy atom. The Morgan fingerprint density at radius 3 is 2.64 bits per heavy atom. The monoisotopic (exact) mass is 296 g/mol. The summed E-state index contributed by atoms with van der Waals surface area (Å²) in [6, 6.07) is 7.33. The van der Waals surface area contributed by atoms with Crippen molar-refractivity contribution in [2.75, 3.05) is 5.32 Å². The van der Waals surface area contributed by atoms with Gasteiger partial charge in [-0.05, 0) is 42.7 Å². The number of nitrogens with one attached hydrogen (secondary N) is 1. The molecule has 0 aliphatic rings. The van der Waals surface area contributed by atoms with Gasteiger partial charge >= 0.3 is 5.97 Å². The van der Waals surface area contributed by atoms with E-state index in [1.165, 1.54) is 30.1 Å². The highest BCUT2D eigenvalue weighted by atomic mass is 16.4. The molecule has 0 fully saturated rings. The van der Waals surface area contributed by atoms with Crippen molar-refractivity contribution in [2.45, 2.75) is 13.8 Å². The molecule has 0 bridgehead atoms. The summed E-state index contributed by atoms with van der Waals surface area (Å²) in [4.78, 5) is 26.7. The highest BCUT2D eigenvalue weighted by molar-refractivity contribution is 6.05. The third-order valence-electron chi connectivity index (χ3n) is 3.27. The molecular formula is C17H16N2O3. The first-order valence-electron chi connectivity index (χ1n) is 6.71. The molecule has 0 atom stereocenters. The van der Waals surface area contributed by atoms with Crippen LogP contribution in [0.2, 0.25) is 0 Å². The number of aryl methyl sites for hydroxylation is 2. The first-order valence-corrected chi connectivity index (χ1v) is 6.71. The zero-order chi connectivity index (χ0) is 16.1. The first-order chi connectivity index (χ1) is 10.5. The summed E-state index contributed by atoms with van der Waals surface area (Å²) in [5.41, 5.74) is 3.41. The fraction of sp³-hybridized carbons (Fsp3) is 0.118. The van der Waals surface area contributed by atoms with Gasteiger partial charge in [-0.3, -0.25) is 9.78 Å². The van der Waals surface area contributed by atoms with Gasteiger partial charge in [-0.25, -0.2) is 4.79 Å². The van der Waals surface area contributed by atoms with E-state index in [9.17, 15) is 9.59 Å². The highest BCUT2D eigenvalue weighted by Gasteiger charge is 2.10. The van der Waals surface area contributed by atoms with Crippen LogP contribution in [0.1, 0.15) is 27.0 Å². The number of pyridine rings is 1. The molecule has 0 spiro atoms. The molecule has 0 saturated heterocycles. The molecule has 0 aliphatic heterocycles. The maximum Gasteiger partial charge on any atom is 0.339 e. The Bertz CT molecular complexity index is 751. The van der Waals surface area contributed by atoms with E-state index in [2.05, 4.69) is 10.3 Å². The second kappa shape index (κ2) is 6.67. The Balaban J connectivity index is 2.11. The van der Waals surface area contributed by atoms with E-state index < -0.39 is 11.9 Å². The summed E-state index contributed by atoms with van der Waals surface area (Å²) in [5, 5.41) is 11.6. The SMILES string of the molecule is Cc1ccc(/C=C/C(=O)Nc2ccncc2C(=O)O)cc1C. The Labute approximate surface area is 128 Å². The molecule has 0 radical (unpaired) electrons. The topological polar surface area (TPSA) is 79.3 Å². The van der Waals surface area contributed by atoms with Crippen molar-refractivity contribution in [3.8, 4) is 0 Å². The fourth-order valence-electron chi connectivity index (χ4n) is 1.89. The van der Waals surface area contributed by atoms with Crippen LogP contribution in [0.25, 0.3) is 6.08 Å².